The first-order valence-corrected chi connectivity index (χ1v) is 7.63. The Labute approximate surface area is 129 Å². The molecule has 2 aromatic rings. The number of allylic oxidation sites excluding steroid dienone is 1. The molecular formula is C18H16ClNO. The topological polar surface area (TPSA) is 35.2 Å². The summed E-state index contributed by atoms with van der Waals surface area (Å²) >= 11 is 6.23. The standard InChI is InChI=1S/C18H16ClNO/c19-15-8-13-5-6-21-18(13)14(9-15)7-11-1-2-12-10-16(20)3-4-17(11)12/h3-4,7-10H,1-2,5-6,20H2/b11-7+. The molecule has 0 bridgehead atoms. The lowest BCUT2D eigenvalue weighted by Gasteiger charge is -2.07. The molecule has 1 aliphatic carbocycles. The molecule has 0 amide bonds. The molecule has 2 aliphatic rings. The van der Waals surface area contributed by atoms with Crippen molar-refractivity contribution in [2.24, 2.45) is 0 Å². The van der Waals surface area contributed by atoms with Crippen molar-refractivity contribution in [1.82, 2.24) is 0 Å². The fourth-order valence-corrected chi connectivity index (χ4v) is 3.53. The molecule has 1 heterocycles. The van der Waals surface area contributed by atoms with Crippen LogP contribution in [0.5, 0.6) is 5.75 Å². The molecule has 0 atom stereocenters. The molecule has 0 unspecified atom stereocenters. The van der Waals surface area contributed by atoms with Crippen LogP contribution in [0.1, 0.15) is 28.7 Å². The number of hydrogen-bond donors (Lipinski definition) is 1. The molecule has 0 aromatic heterocycles. The van der Waals surface area contributed by atoms with E-state index in [1.165, 1.54) is 22.3 Å². The van der Waals surface area contributed by atoms with Gasteiger partial charge < -0.3 is 10.5 Å². The van der Waals surface area contributed by atoms with Gasteiger partial charge in [0.15, 0.2) is 0 Å². The number of benzene rings is 2. The molecule has 0 saturated carbocycles. The van der Waals surface area contributed by atoms with Gasteiger partial charge in [-0.2, -0.15) is 0 Å². The fourth-order valence-electron chi connectivity index (χ4n) is 3.28. The van der Waals surface area contributed by atoms with E-state index < -0.39 is 0 Å². The van der Waals surface area contributed by atoms with Gasteiger partial charge in [-0.15, -0.1) is 0 Å². The minimum Gasteiger partial charge on any atom is -0.492 e. The average Bonchev–Trinajstić information content (AvgIpc) is 3.05. The van der Waals surface area contributed by atoms with Crippen molar-refractivity contribution in [3.05, 3.63) is 57.6 Å². The number of nitrogens with two attached hydrogens (primary N) is 1. The van der Waals surface area contributed by atoms with Gasteiger partial charge in [0, 0.05) is 22.7 Å². The van der Waals surface area contributed by atoms with Crippen molar-refractivity contribution in [3.63, 3.8) is 0 Å². The predicted octanol–water partition coefficient (Wildman–Crippen LogP) is 4.34. The summed E-state index contributed by atoms with van der Waals surface area (Å²) in [5, 5.41) is 0.779. The van der Waals surface area contributed by atoms with Crippen molar-refractivity contribution < 1.29 is 4.74 Å². The second-order valence-corrected chi connectivity index (χ2v) is 6.10. The van der Waals surface area contributed by atoms with Gasteiger partial charge in [-0.05, 0) is 65.4 Å². The molecule has 2 N–H and O–H groups in total. The van der Waals surface area contributed by atoms with Crippen LogP contribution in [0.2, 0.25) is 5.02 Å². The monoisotopic (exact) mass is 297 g/mol. The first-order valence-electron chi connectivity index (χ1n) is 7.25. The van der Waals surface area contributed by atoms with E-state index in [2.05, 4.69) is 18.2 Å². The van der Waals surface area contributed by atoms with Gasteiger partial charge in [0.05, 0.1) is 6.61 Å². The maximum atomic E-state index is 6.23. The van der Waals surface area contributed by atoms with Crippen LogP contribution in [-0.2, 0) is 12.8 Å². The van der Waals surface area contributed by atoms with E-state index in [1.54, 1.807) is 0 Å². The number of rotatable bonds is 1. The molecule has 0 fully saturated rings. The summed E-state index contributed by atoms with van der Waals surface area (Å²) in [6.45, 7) is 0.749. The van der Waals surface area contributed by atoms with Crippen molar-refractivity contribution in [3.8, 4) is 5.75 Å². The molecule has 4 rings (SSSR count). The fraction of sp³-hybridized carbons (Fsp3) is 0.222. The summed E-state index contributed by atoms with van der Waals surface area (Å²) in [6, 6.07) is 10.2. The molecule has 2 nitrogen and oxygen atoms in total. The summed E-state index contributed by atoms with van der Waals surface area (Å²) in [5.74, 6) is 0.996. The van der Waals surface area contributed by atoms with Crippen LogP contribution in [0, 0.1) is 0 Å². The summed E-state index contributed by atoms with van der Waals surface area (Å²) in [7, 11) is 0. The zero-order chi connectivity index (χ0) is 14.4. The molecule has 1 aliphatic heterocycles. The SMILES string of the molecule is Nc1ccc2c(c1)CC/C2=C\c1cc(Cl)cc2c1OCC2. The number of aryl methyl sites for hydroxylation is 1. The highest BCUT2D eigenvalue weighted by atomic mass is 35.5. The van der Waals surface area contributed by atoms with E-state index in [0.29, 0.717) is 0 Å². The molecule has 21 heavy (non-hydrogen) atoms. The third-order valence-corrected chi connectivity index (χ3v) is 4.46. The van der Waals surface area contributed by atoms with Crippen molar-refractivity contribution in [2.45, 2.75) is 19.3 Å². The first-order chi connectivity index (χ1) is 10.2. The third-order valence-electron chi connectivity index (χ3n) is 4.25. The maximum Gasteiger partial charge on any atom is 0.129 e. The summed E-state index contributed by atoms with van der Waals surface area (Å²) in [5.41, 5.74) is 13.0. The molecule has 0 saturated heterocycles. The van der Waals surface area contributed by atoms with Crippen LogP contribution in [0.4, 0.5) is 5.69 Å². The zero-order valence-electron chi connectivity index (χ0n) is 11.7. The Morgan fingerprint density at radius 1 is 1.05 bits per heavy atom. The molecule has 3 heteroatoms. The first kappa shape index (κ1) is 12.8. The lowest BCUT2D eigenvalue weighted by molar-refractivity contribution is 0.356. The lowest BCUT2D eigenvalue weighted by Crippen LogP contribution is -1.89. The Kier molecular flexibility index (Phi) is 2.93. The van der Waals surface area contributed by atoms with Crippen molar-refractivity contribution >= 4 is 28.9 Å². The lowest BCUT2D eigenvalue weighted by atomic mass is 10.0. The van der Waals surface area contributed by atoms with Crippen LogP contribution in [0.15, 0.2) is 30.3 Å². The van der Waals surface area contributed by atoms with E-state index in [1.807, 2.05) is 18.2 Å². The molecule has 106 valence electrons. The van der Waals surface area contributed by atoms with Crippen LogP contribution in [-0.4, -0.2) is 6.61 Å². The maximum absolute atomic E-state index is 6.23. The van der Waals surface area contributed by atoms with Crippen molar-refractivity contribution in [1.29, 1.82) is 0 Å². The number of nitrogen functional groups attached to an aromatic ring is 1. The number of anilines is 1. The Morgan fingerprint density at radius 3 is 2.86 bits per heavy atom. The molecule has 2 aromatic carbocycles. The van der Waals surface area contributed by atoms with Crippen LogP contribution in [0.3, 0.4) is 0 Å². The second-order valence-electron chi connectivity index (χ2n) is 5.67. The van der Waals surface area contributed by atoms with Gasteiger partial charge in [-0.1, -0.05) is 17.7 Å². The van der Waals surface area contributed by atoms with Crippen LogP contribution in [0.25, 0.3) is 11.6 Å². The van der Waals surface area contributed by atoms with Gasteiger partial charge >= 0.3 is 0 Å². The molecular weight excluding hydrogens is 282 g/mol. The van der Waals surface area contributed by atoms with Gasteiger partial charge in [0.1, 0.15) is 5.75 Å². The van der Waals surface area contributed by atoms with Gasteiger partial charge in [0.2, 0.25) is 0 Å². The third kappa shape index (κ3) is 2.20. The van der Waals surface area contributed by atoms with Crippen LogP contribution < -0.4 is 10.5 Å². The zero-order valence-corrected chi connectivity index (χ0v) is 12.4. The number of ether oxygens (including phenoxy) is 1. The van der Waals surface area contributed by atoms with E-state index in [4.69, 9.17) is 22.1 Å². The van der Waals surface area contributed by atoms with Gasteiger partial charge in [-0.3, -0.25) is 0 Å². The number of halogens is 1. The minimum absolute atomic E-state index is 0.749. The highest BCUT2D eigenvalue weighted by Gasteiger charge is 2.20. The Bertz CT molecular complexity index is 764. The predicted molar refractivity (Wildman–Crippen MR) is 87.7 cm³/mol. The van der Waals surface area contributed by atoms with Crippen molar-refractivity contribution in [2.75, 3.05) is 12.3 Å². The van der Waals surface area contributed by atoms with E-state index in [9.17, 15) is 0 Å². The normalized spacial score (nSPS) is 17.7. The molecule has 0 radical (unpaired) electrons. The smallest absolute Gasteiger partial charge is 0.129 e. The molecule has 0 spiro atoms. The Balaban J connectivity index is 1.81. The summed E-state index contributed by atoms with van der Waals surface area (Å²) < 4.78 is 5.78. The highest BCUT2D eigenvalue weighted by Crippen LogP contribution is 2.39. The van der Waals surface area contributed by atoms with E-state index in [-0.39, 0.29) is 0 Å². The number of hydrogen-bond acceptors (Lipinski definition) is 2. The Hall–Kier alpha value is -1.93. The van der Waals surface area contributed by atoms with E-state index in [0.717, 1.165) is 47.9 Å². The average molecular weight is 298 g/mol. The largest absolute Gasteiger partial charge is 0.492 e. The van der Waals surface area contributed by atoms with Gasteiger partial charge in [0.25, 0.3) is 0 Å². The van der Waals surface area contributed by atoms with Crippen LogP contribution >= 0.6 is 11.6 Å². The van der Waals surface area contributed by atoms with Gasteiger partial charge in [-0.25, -0.2) is 0 Å². The summed E-state index contributed by atoms with van der Waals surface area (Å²) in [6.07, 6.45) is 5.26. The second kappa shape index (κ2) is 4.81. The number of fused-ring (bicyclic) bond motifs is 2. The minimum atomic E-state index is 0.749. The summed E-state index contributed by atoms with van der Waals surface area (Å²) in [4.78, 5) is 0. The Morgan fingerprint density at radius 2 is 1.95 bits per heavy atom. The van der Waals surface area contributed by atoms with E-state index >= 15 is 0 Å². The quantitative estimate of drug-likeness (QED) is 0.795. The highest BCUT2D eigenvalue weighted by molar-refractivity contribution is 6.31.